The molecule has 31 heavy (non-hydrogen) atoms. The lowest BCUT2D eigenvalue weighted by Crippen LogP contribution is -2.46. The summed E-state index contributed by atoms with van der Waals surface area (Å²) in [6, 6.07) is 4.70. The van der Waals surface area contributed by atoms with E-state index in [-0.39, 0.29) is 12.0 Å². The van der Waals surface area contributed by atoms with Gasteiger partial charge < -0.3 is 15.2 Å². The lowest BCUT2D eigenvalue weighted by atomic mass is 9.98. The fraction of sp³-hybridized carbons (Fsp3) is 0.474. The third kappa shape index (κ3) is 6.45. The van der Waals surface area contributed by atoms with Crippen molar-refractivity contribution in [3.63, 3.8) is 0 Å². The number of halogens is 3. The molecule has 2 aromatic rings. The second-order valence-electron chi connectivity index (χ2n) is 7.03. The molecule has 12 heteroatoms. The molecular formula is C19H21F3N4O4S. The molecule has 4 rings (SSSR count). The van der Waals surface area contributed by atoms with E-state index in [1.807, 2.05) is 0 Å². The van der Waals surface area contributed by atoms with Crippen LogP contribution < -0.4 is 5.32 Å². The molecule has 0 spiro atoms. The van der Waals surface area contributed by atoms with E-state index in [1.165, 1.54) is 4.88 Å². The first-order valence-corrected chi connectivity index (χ1v) is 10.4. The second-order valence-corrected chi connectivity index (χ2v) is 8.06. The number of nitrogens with zero attached hydrogens (tertiary/aromatic N) is 3. The van der Waals surface area contributed by atoms with Crippen LogP contribution in [-0.2, 0) is 20.9 Å². The van der Waals surface area contributed by atoms with Gasteiger partial charge in [-0.15, -0.1) is 11.3 Å². The molecule has 3 atom stereocenters. The van der Waals surface area contributed by atoms with E-state index in [0.29, 0.717) is 11.9 Å². The smallest absolute Gasteiger partial charge is 0.475 e. The molecule has 2 fully saturated rings. The average Bonchev–Trinajstić information content (AvgIpc) is 3.39. The Morgan fingerprint density at radius 3 is 2.68 bits per heavy atom. The van der Waals surface area contributed by atoms with Crippen molar-refractivity contribution in [2.45, 2.75) is 50.2 Å². The lowest BCUT2D eigenvalue weighted by Gasteiger charge is -2.35. The minimum absolute atomic E-state index is 0.120. The zero-order valence-corrected chi connectivity index (χ0v) is 17.1. The van der Waals surface area contributed by atoms with Gasteiger partial charge in [0.05, 0.1) is 12.3 Å². The fourth-order valence-electron chi connectivity index (χ4n) is 3.58. The molecule has 0 radical (unpaired) electrons. The van der Waals surface area contributed by atoms with Crippen molar-refractivity contribution in [2.75, 3.05) is 11.9 Å². The van der Waals surface area contributed by atoms with E-state index < -0.39 is 18.2 Å². The molecule has 0 bridgehead atoms. The summed E-state index contributed by atoms with van der Waals surface area (Å²) in [7, 11) is 0. The third-order valence-corrected chi connectivity index (χ3v) is 5.81. The number of nitrogens with one attached hydrogen (secondary N) is 1. The summed E-state index contributed by atoms with van der Waals surface area (Å²) in [6.45, 7) is 2.02. The van der Waals surface area contributed by atoms with E-state index in [4.69, 9.17) is 14.6 Å². The number of rotatable bonds is 4. The Balaban J connectivity index is 0.000000339. The van der Waals surface area contributed by atoms with Crippen LogP contribution in [0.1, 0.15) is 24.1 Å². The number of fused-ring (bicyclic) bond motifs is 1. The quantitative estimate of drug-likeness (QED) is 0.726. The van der Waals surface area contributed by atoms with E-state index >= 15 is 0 Å². The van der Waals surface area contributed by atoms with E-state index in [1.54, 1.807) is 29.9 Å². The van der Waals surface area contributed by atoms with Crippen molar-refractivity contribution in [1.82, 2.24) is 14.9 Å². The maximum atomic E-state index is 12.4. The zero-order valence-electron chi connectivity index (χ0n) is 16.3. The van der Waals surface area contributed by atoms with Crippen molar-refractivity contribution in [3.8, 4) is 0 Å². The van der Waals surface area contributed by atoms with E-state index in [9.17, 15) is 18.0 Å². The van der Waals surface area contributed by atoms with Gasteiger partial charge in [-0.25, -0.2) is 9.78 Å². The van der Waals surface area contributed by atoms with Crippen LogP contribution in [0.25, 0.3) is 0 Å². The Morgan fingerprint density at radius 2 is 2.06 bits per heavy atom. The first-order chi connectivity index (χ1) is 14.7. The van der Waals surface area contributed by atoms with Crippen LogP contribution in [0, 0.1) is 0 Å². The number of carbonyl (C=O) groups is 2. The summed E-state index contributed by atoms with van der Waals surface area (Å²) in [5.41, 5.74) is 0. The monoisotopic (exact) mass is 458 g/mol. The minimum atomic E-state index is -5.08. The van der Waals surface area contributed by atoms with Gasteiger partial charge in [0.2, 0.25) is 0 Å². The predicted molar refractivity (Wildman–Crippen MR) is 105 cm³/mol. The number of amides is 1. The van der Waals surface area contributed by atoms with Gasteiger partial charge in [0.25, 0.3) is 5.91 Å². The molecule has 0 saturated carbocycles. The van der Waals surface area contributed by atoms with E-state index in [0.717, 1.165) is 32.4 Å². The van der Waals surface area contributed by atoms with Crippen LogP contribution in [0.2, 0.25) is 0 Å². The van der Waals surface area contributed by atoms with Gasteiger partial charge in [0.1, 0.15) is 6.10 Å². The maximum absolute atomic E-state index is 12.4. The van der Waals surface area contributed by atoms with Crippen LogP contribution in [0.15, 0.2) is 36.1 Å². The van der Waals surface area contributed by atoms with Gasteiger partial charge in [-0.2, -0.15) is 13.2 Å². The summed E-state index contributed by atoms with van der Waals surface area (Å²) >= 11 is 1.80. The molecule has 168 valence electrons. The Labute approximate surface area is 180 Å². The summed E-state index contributed by atoms with van der Waals surface area (Å²) in [5, 5.41) is 12.0. The molecule has 2 saturated heterocycles. The molecule has 0 aromatic carbocycles. The zero-order chi connectivity index (χ0) is 22.4. The molecule has 4 heterocycles. The molecule has 0 aliphatic carbocycles. The average molecular weight is 458 g/mol. The molecule has 2 aromatic heterocycles. The number of aliphatic carboxylic acids is 1. The lowest BCUT2D eigenvalue weighted by molar-refractivity contribution is -0.192. The van der Waals surface area contributed by atoms with Crippen LogP contribution in [0.3, 0.4) is 0 Å². The summed E-state index contributed by atoms with van der Waals surface area (Å²) in [5.74, 6) is -2.41. The van der Waals surface area contributed by atoms with Crippen LogP contribution in [0.4, 0.5) is 19.0 Å². The molecule has 0 unspecified atom stereocenters. The number of anilines is 1. The highest BCUT2D eigenvalue weighted by Crippen LogP contribution is 2.33. The maximum Gasteiger partial charge on any atom is 0.490 e. The third-order valence-electron chi connectivity index (χ3n) is 4.95. The summed E-state index contributed by atoms with van der Waals surface area (Å²) in [4.78, 5) is 33.2. The first-order valence-electron chi connectivity index (χ1n) is 9.53. The molecule has 2 aliphatic heterocycles. The van der Waals surface area contributed by atoms with Gasteiger partial charge >= 0.3 is 12.1 Å². The normalized spacial score (nSPS) is 23.4. The molecular weight excluding hydrogens is 437 g/mol. The Hall–Kier alpha value is -2.57. The van der Waals surface area contributed by atoms with E-state index in [2.05, 4.69) is 37.7 Å². The summed E-state index contributed by atoms with van der Waals surface area (Å²) in [6.07, 6.45) is 2.09. The Morgan fingerprint density at radius 1 is 1.29 bits per heavy atom. The second kappa shape index (κ2) is 10.2. The van der Waals surface area contributed by atoms with Crippen molar-refractivity contribution in [2.24, 2.45) is 0 Å². The highest BCUT2D eigenvalue weighted by Gasteiger charge is 2.41. The highest BCUT2D eigenvalue weighted by atomic mass is 32.1. The number of ether oxygens (including phenoxy) is 1. The Bertz CT molecular complexity index is 867. The van der Waals surface area contributed by atoms with Gasteiger partial charge in [-0.3, -0.25) is 14.7 Å². The molecule has 2 aliphatic rings. The molecule has 1 amide bonds. The topological polar surface area (TPSA) is 105 Å². The van der Waals surface area contributed by atoms with Gasteiger partial charge in [-0.05, 0) is 30.7 Å². The van der Waals surface area contributed by atoms with Gasteiger partial charge in [0, 0.05) is 36.4 Å². The number of alkyl halides is 3. The number of aromatic nitrogens is 2. The molecule has 8 nitrogen and oxygen atoms in total. The number of thiophene rings is 1. The van der Waals surface area contributed by atoms with Crippen molar-refractivity contribution in [3.05, 3.63) is 41.0 Å². The van der Waals surface area contributed by atoms with Crippen molar-refractivity contribution < 1.29 is 32.6 Å². The number of hydrogen-bond donors (Lipinski definition) is 2. The highest BCUT2D eigenvalue weighted by molar-refractivity contribution is 7.09. The number of hydrogen-bond acceptors (Lipinski definition) is 7. The van der Waals surface area contributed by atoms with Crippen LogP contribution >= 0.6 is 11.3 Å². The largest absolute Gasteiger partial charge is 0.490 e. The number of likely N-dealkylation sites (tertiary alicyclic amines) is 1. The fourth-order valence-corrected chi connectivity index (χ4v) is 4.31. The van der Waals surface area contributed by atoms with Gasteiger partial charge in [0.15, 0.2) is 5.82 Å². The van der Waals surface area contributed by atoms with Gasteiger partial charge in [-0.1, -0.05) is 6.07 Å². The SMILES string of the molecule is O=C(Nc1cnccn1)[C@@H]1CC[C@@H]2[C@@H](CCN2Cc2cccs2)O1.O=C(O)C(F)(F)F. The summed E-state index contributed by atoms with van der Waals surface area (Å²) < 4.78 is 37.8. The minimum Gasteiger partial charge on any atom is -0.475 e. The van der Waals surface area contributed by atoms with Crippen molar-refractivity contribution in [1.29, 1.82) is 0 Å². The van der Waals surface area contributed by atoms with Crippen LogP contribution in [0.5, 0.6) is 0 Å². The Kier molecular flexibility index (Phi) is 7.57. The first kappa shape index (κ1) is 23.1. The molecule has 2 N–H and O–H groups in total. The standard InChI is InChI=1S/C17H20N4O2S.C2HF3O2/c22-17(20-16-10-18-6-7-19-16)15-4-3-13-14(23-15)5-8-21(13)11-12-2-1-9-24-12;3-2(4,5)1(6)7/h1-2,6-7,9-10,13-15H,3-5,8,11H2,(H,19,20,22);(H,6,7)/t13-,14-,15+;/m1./s1. The predicted octanol–water partition coefficient (Wildman–Crippen LogP) is 2.93. The number of carbonyl (C=O) groups excluding carboxylic acids is 1. The number of carboxylic acids is 1. The van der Waals surface area contributed by atoms with Crippen molar-refractivity contribution >= 4 is 29.0 Å². The van der Waals surface area contributed by atoms with Crippen LogP contribution in [-0.4, -0.2) is 62.8 Å². The number of carboxylic acid groups (broad SMARTS) is 1.